The van der Waals surface area contributed by atoms with Gasteiger partial charge in [0.05, 0.1) is 23.9 Å². The number of urea groups is 1. The molecule has 1 heterocycles. The molecule has 0 saturated carbocycles. The zero-order valence-electron chi connectivity index (χ0n) is 20.6. The van der Waals surface area contributed by atoms with E-state index in [1.807, 2.05) is 95.3 Å². The molecule has 0 aliphatic carbocycles. The maximum absolute atomic E-state index is 12.4. The number of aromatic nitrogens is 1. The number of hydrogen-bond acceptors (Lipinski definition) is 3. The lowest BCUT2D eigenvalue weighted by atomic mass is 10.1. The average molecular weight is 457 g/mol. The molecule has 34 heavy (non-hydrogen) atoms. The van der Waals surface area contributed by atoms with Crippen LogP contribution in [0.5, 0.6) is 5.75 Å². The van der Waals surface area contributed by atoms with Crippen LogP contribution >= 0.6 is 0 Å². The molecule has 2 amide bonds. The molecule has 4 rings (SSSR count). The van der Waals surface area contributed by atoms with Crippen molar-refractivity contribution in [1.82, 2.24) is 4.98 Å². The Morgan fingerprint density at radius 2 is 1.56 bits per heavy atom. The molecular formula is C28H32N4O2. The van der Waals surface area contributed by atoms with E-state index in [1.54, 1.807) is 13.2 Å². The van der Waals surface area contributed by atoms with E-state index in [9.17, 15) is 10.1 Å². The average Bonchev–Trinajstić information content (AvgIpc) is 3.24. The van der Waals surface area contributed by atoms with E-state index in [2.05, 4.69) is 21.7 Å². The molecule has 3 aromatic carbocycles. The Labute approximate surface area is 201 Å². The molecule has 6 heteroatoms. The van der Waals surface area contributed by atoms with Crippen LogP contribution in [-0.2, 0) is 0 Å². The van der Waals surface area contributed by atoms with Crippen LogP contribution in [0.3, 0.4) is 0 Å². The normalized spacial score (nSPS) is 9.56. The number of nitriles is 1. The standard InChI is InChI=1S/C24H20N4O2.2C2H6/c1-15-5-3-7-17(11-15)26-24(29)27-18-8-4-6-16(12-18)23-21(14-25)20-10-9-19(30-2)13-22(20)28-23;2*1-2/h3-13,28H,1-2H3,(H2,26,27,29);2*1-2H3. The van der Waals surface area contributed by atoms with Gasteiger partial charge in [0, 0.05) is 28.4 Å². The van der Waals surface area contributed by atoms with E-state index in [4.69, 9.17) is 4.74 Å². The van der Waals surface area contributed by atoms with Crippen molar-refractivity contribution in [3.63, 3.8) is 0 Å². The number of amides is 2. The number of H-pyrrole nitrogens is 1. The molecule has 0 bridgehead atoms. The summed E-state index contributed by atoms with van der Waals surface area (Å²) in [6.45, 7) is 9.97. The summed E-state index contributed by atoms with van der Waals surface area (Å²) in [5.41, 5.74) is 5.27. The summed E-state index contributed by atoms with van der Waals surface area (Å²) >= 11 is 0. The highest BCUT2D eigenvalue weighted by atomic mass is 16.5. The molecule has 0 radical (unpaired) electrons. The number of fused-ring (bicyclic) bond motifs is 1. The smallest absolute Gasteiger partial charge is 0.323 e. The fourth-order valence-electron chi connectivity index (χ4n) is 3.40. The second kappa shape index (κ2) is 12.7. The van der Waals surface area contributed by atoms with Crippen LogP contribution in [0.15, 0.2) is 66.7 Å². The van der Waals surface area contributed by atoms with Crippen molar-refractivity contribution in [2.75, 3.05) is 17.7 Å². The maximum atomic E-state index is 12.4. The zero-order valence-corrected chi connectivity index (χ0v) is 20.6. The van der Waals surface area contributed by atoms with E-state index in [-0.39, 0.29) is 6.03 Å². The zero-order chi connectivity index (χ0) is 25.1. The van der Waals surface area contributed by atoms with Crippen LogP contribution < -0.4 is 15.4 Å². The third-order valence-corrected chi connectivity index (χ3v) is 4.80. The topological polar surface area (TPSA) is 89.9 Å². The first kappa shape index (κ1) is 26.0. The first-order valence-corrected chi connectivity index (χ1v) is 11.4. The van der Waals surface area contributed by atoms with Crippen molar-refractivity contribution in [3.8, 4) is 23.1 Å². The monoisotopic (exact) mass is 456 g/mol. The molecule has 0 spiro atoms. The van der Waals surface area contributed by atoms with Gasteiger partial charge in [-0.25, -0.2) is 4.79 Å². The minimum Gasteiger partial charge on any atom is -0.497 e. The fourth-order valence-corrected chi connectivity index (χ4v) is 3.40. The first-order valence-electron chi connectivity index (χ1n) is 11.4. The van der Waals surface area contributed by atoms with Crippen LogP contribution in [-0.4, -0.2) is 18.1 Å². The van der Waals surface area contributed by atoms with Crippen LogP contribution in [0.25, 0.3) is 22.2 Å². The summed E-state index contributed by atoms with van der Waals surface area (Å²) in [6, 6.07) is 22.5. The summed E-state index contributed by atoms with van der Waals surface area (Å²) in [5.74, 6) is 0.711. The van der Waals surface area contributed by atoms with E-state index in [1.165, 1.54) is 0 Å². The summed E-state index contributed by atoms with van der Waals surface area (Å²) in [7, 11) is 1.60. The molecule has 0 aliphatic heterocycles. The quantitative estimate of drug-likeness (QED) is 0.293. The Balaban J connectivity index is 0.000000970. The van der Waals surface area contributed by atoms with Gasteiger partial charge in [-0.15, -0.1) is 0 Å². The van der Waals surface area contributed by atoms with Crippen LogP contribution in [0.4, 0.5) is 16.2 Å². The highest BCUT2D eigenvalue weighted by molar-refractivity contribution is 6.00. The molecule has 3 N–H and O–H groups in total. The van der Waals surface area contributed by atoms with E-state index < -0.39 is 0 Å². The van der Waals surface area contributed by atoms with Gasteiger partial charge < -0.3 is 20.4 Å². The number of carbonyl (C=O) groups is 1. The number of hydrogen-bond donors (Lipinski definition) is 3. The maximum Gasteiger partial charge on any atom is 0.323 e. The van der Waals surface area contributed by atoms with E-state index in [0.717, 1.165) is 27.7 Å². The predicted octanol–water partition coefficient (Wildman–Crippen LogP) is 7.72. The van der Waals surface area contributed by atoms with Crippen molar-refractivity contribution < 1.29 is 9.53 Å². The lowest BCUT2D eigenvalue weighted by Crippen LogP contribution is -2.19. The molecular weight excluding hydrogens is 424 g/mol. The van der Waals surface area contributed by atoms with Crippen molar-refractivity contribution in [2.24, 2.45) is 0 Å². The van der Waals surface area contributed by atoms with Gasteiger partial charge in [0.1, 0.15) is 11.8 Å². The van der Waals surface area contributed by atoms with Gasteiger partial charge in [0.25, 0.3) is 0 Å². The molecule has 0 unspecified atom stereocenters. The Hall–Kier alpha value is -4.24. The Morgan fingerprint density at radius 1 is 0.912 bits per heavy atom. The van der Waals surface area contributed by atoms with Crippen molar-refractivity contribution in [3.05, 3.63) is 77.9 Å². The molecule has 0 aliphatic rings. The summed E-state index contributed by atoms with van der Waals surface area (Å²) in [5, 5.41) is 16.2. The number of ether oxygens (including phenoxy) is 1. The first-order chi connectivity index (χ1) is 16.6. The summed E-state index contributed by atoms with van der Waals surface area (Å²) in [4.78, 5) is 15.7. The molecule has 1 aromatic heterocycles. The lowest BCUT2D eigenvalue weighted by Gasteiger charge is -2.09. The number of nitrogens with zero attached hydrogens (tertiary/aromatic N) is 1. The van der Waals surface area contributed by atoms with Gasteiger partial charge in [-0.2, -0.15) is 5.26 Å². The molecule has 6 nitrogen and oxygen atoms in total. The Kier molecular flexibility index (Phi) is 9.72. The van der Waals surface area contributed by atoms with Gasteiger partial charge in [0.15, 0.2) is 0 Å². The van der Waals surface area contributed by atoms with Gasteiger partial charge in [0.2, 0.25) is 0 Å². The van der Waals surface area contributed by atoms with Gasteiger partial charge in [-0.05, 0) is 48.9 Å². The van der Waals surface area contributed by atoms with Crippen LogP contribution in [0.2, 0.25) is 0 Å². The SMILES string of the molecule is CC.CC.COc1ccc2c(C#N)c(-c3cccc(NC(=O)Nc4cccc(C)c4)c3)[nH]c2c1. The largest absolute Gasteiger partial charge is 0.497 e. The third-order valence-electron chi connectivity index (χ3n) is 4.80. The van der Waals surface area contributed by atoms with E-state index >= 15 is 0 Å². The van der Waals surface area contributed by atoms with Crippen molar-refractivity contribution >= 4 is 28.3 Å². The molecule has 176 valence electrons. The van der Waals surface area contributed by atoms with Gasteiger partial charge in [-0.3, -0.25) is 0 Å². The number of benzene rings is 3. The van der Waals surface area contributed by atoms with Gasteiger partial charge in [-0.1, -0.05) is 52.0 Å². The highest BCUT2D eigenvalue weighted by Crippen LogP contribution is 2.32. The van der Waals surface area contributed by atoms with Gasteiger partial charge >= 0.3 is 6.03 Å². The van der Waals surface area contributed by atoms with E-state index in [0.29, 0.717) is 22.7 Å². The van der Waals surface area contributed by atoms with Crippen LogP contribution in [0.1, 0.15) is 38.8 Å². The number of carbonyl (C=O) groups excluding carboxylic acids is 1. The minimum atomic E-state index is -0.334. The molecule has 4 aromatic rings. The molecule has 0 atom stereocenters. The highest BCUT2D eigenvalue weighted by Gasteiger charge is 2.14. The van der Waals surface area contributed by atoms with Crippen molar-refractivity contribution in [2.45, 2.75) is 34.6 Å². The number of anilines is 2. The number of nitrogens with one attached hydrogen (secondary N) is 3. The van der Waals surface area contributed by atoms with Crippen molar-refractivity contribution in [1.29, 1.82) is 5.26 Å². The predicted molar refractivity (Wildman–Crippen MR) is 142 cm³/mol. The minimum absolute atomic E-state index is 0.334. The second-order valence-electron chi connectivity index (χ2n) is 6.93. The number of rotatable bonds is 4. The number of methoxy groups -OCH3 is 1. The number of aromatic amines is 1. The third kappa shape index (κ3) is 6.17. The second-order valence-corrected chi connectivity index (χ2v) is 6.93. The fraction of sp³-hybridized carbons (Fsp3) is 0.214. The Morgan fingerprint density at radius 3 is 2.18 bits per heavy atom. The number of aryl methyl sites for hydroxylation is 1. The lowest BCUT2D eigenvalue weighted by molar-refractivity contribution is 0.262. The Bertz CT molecular complexity index is 1290. The molecule has 0 saturated heterocycles. The summed E-state index contributed by atoms with van der Waals surface area (Å²) in [6.07, 6.45) is 0. The summed E-state index contributed by atoms with van der Waals surface area (Å²) < 4.78 is 5.27. The molecule has 0 fully saturated rings. The van der Waals surface area contributed by atoms with Crippen LogP contribution in [0, 0.1) is 18.3 Å².